The van der Waals surface area contributed by atoms with Gasteiger partial charge in [-0.3, -0.25) is 9.59 Å². The standard InChI is InChI=1S/C26H28ClFN2O2S/c1-3-4-15-29(26(32)21-8-10-22(27)11-9-21)18-25(31)30(17-24-14-5-19(2)33-24)16-20-6-12-23(28)13-7-20/h5-14H,3-4,15-18H2,1-2H3. The third kappa shape index (κ3) is 7.41. The minimum atomic E-state index is -0.315. The van der Waals surface area contributed by atoms with Crippen LogP contribution in [0.2, 0.25) is 5.02 Å². The summed E-state index contributed by atoms with van der Waals surface area (Å²) in [5, 5.41) is 0.555. The van der Waals surface area contributed by atoms with Gasteiger partial charge in [-0.1, -0.05) is 37.1 Å². The van der Waals surface area contributed by atoms with Crippen molar-refractivity contribution in [3.63, 3.8) is 0 Å². The Hall–Kier alpha value is -2.70. The van der Waals surface area contributed by atoms with Crippen molar-refractivity contribution in [3.05, 3.63) is 92.4 Å². The number of carbonyl (C=O) groups is 2. The van der Waals surface area contributed by atoms with Crippen LogP contribution in [0.25, 0.3) is 0 Å². The molecule has 0 saturated carbocycles. The van der Waals surface area contributed by atoms with Gasteiger partial charge in [0.25, 0.3) is 5.91 Å². The second kappa shape index (κ2) is 12.0. The van der Waals surface area contributed by atoms with Gasteiger partial charge in [-0.2, -0.15) is 0 Å². The fourth-order valence-electron chi connectivity index (χ4n) is 3.44. The molecule has 0 fully saturated rings. The maximum Gasteiger partial charge on any atom is 0.254 e. The van der Waals surface area contributed by atoms with E-state index in [1.165, 1.54) is 17.0 Å². The van der Waals surface area contributed by atoms with Crippen LogP contribution in [0.5, 0.6) is 0 Å². The Balaban J connectivity index is 1.80. The molecule has 4 nitrogen and oxygen atoms in total. The molecule has 0 spiro atoms. The molecule has 0 aliphatic rings. The van der Waals surface area contributed by atoms with Crippen LogP contribution in [0.1, 0.15) is 45.4 Å². The highest BCUT2D eigenvalue weighted by molar-refractivity contribution is 7.11. The lowest BCUT2D eigenvalue weighted by atomic mass is 10.1. The molecule has 2 aromatic carbocycles. The van der Waals surface area contributed by atoms with Crippen molar-refractivity contribution in [1.29, 1.82) is 0 Å². The molecule has 2 amide bonds. The van der Waals surface area contributed by atoms with Crippen molar-refractivity contribution >= 4 is 34.8 Å². The van der Waals surface area contributed by atoms with Crippen molar-refractivity contribution in [2.24, 2.45) is 0 Å². The highest BCUT2D eigenvalue weighted by Crippen LogP contribution is 2.20. The van der Waals surface area contributed by atoms with E-state index in [0.717, 1.165) is 23.3 Å². The first kappa shape index (κ1) is 24.9. The van der Waals surface area contributed by atoms with E-state index in [4.69, 9.17) is 11.6 Å². The van der Waals surface area contributed by atoms with E-state index in [2.05, 4.69) is 0 Å². The molecule has 0 atom stereocenters. The number of amides is 2. The van der Waals surface area contributed by atoms with E-state index in [1.807, 2.05) is 26.0 Å². The lowest BCUT2D eigenvalue weighted by Gasteiger charge is -2.28. The van der Waals surface area contributed by atoms with Crippen LogP contribution >= 0.6 is 22.9 Å². The van der Waals surface area contributed by atoms with Gasteiger partial charge < -0.3 is 9.80 Å². The van der Waals surface area contributed by atoms with Crippen LogP contribution in [-0.2, 0) is 17.9 Å². The van der Waals surface area contributed by atoms with E-state index in [0.29, 0.717) is 30.2 Å². The minimum absolute atomic E-state index is 0.0208. The van der Waals surface area contributed by atoms with E-state index in [9.17, 15) is 14.0 Å². The topological polar surface area (TPSA) is 40.6 Å². The second-order valence-electron chi connectivity index (χ2n) is 7.98. The van der Waals surface area contributed by atoms with E-state index in [-0.39, 0.29) is 24.2 Å². The number of carbonyl (C=O) groups excluding carboxylic acids is 2. The van der Waals surface area contributed by atoms with E-state index in [1.54, 1.807) is 57.5 Å². The average Bonchev–Trinajstić information content (AvgIpc) is 3.22. The van der Waals surface area contributed by atoms with Gasteiger partial charge in [0.1, 0.15) is 12.4 Å². The Morgan fingerprint density at radius 3 is 2.24 bits per heavy atom. The van der Waals surface area contributed by atoms with Gasteiger partial charge in [0.05, 0.1) is 6.54 Å². The van der Waals surface area contributed by atoms with Crippen molar-refractivity contribution in [2.75, 3.05) is 13.1 Å². The maximum atomic E-state index is 13.4. The molecule has 0 saturated heterocycles. The lowest BCUT2D eigenvalue weighted by Crippen LogP contribution is -2.42. The Labute approximate surface area is 203 Å². The predicted molar refractivity (Wildman–Crippen MR) is 132 cm³/mol. The van der Waals surface area contributed by atoms with Gasteiger partial charge in [0.15, 0.2) is 0 Å². The van der Waals surface area contributed by atoms with Crippen molar-refractivity contribution in [3.8, 4) is 0 Å². The molecular weight excluding hydrogens is 459 g/mol. The Morgan fingerprint density at radius 2 is 1.64 bits per heavy atom. The molecule has 3 aromatic rings. The van der Waals surface area contributed by atoms with Crippen LogP contribution in [0.4, 0.5) is 4.39 Å². The molecule has 0 bridgehead atoms. The summed E-state index contributed by atoms with van der Waals surface area (Å²) in [5.74, 6) is -0.657. The zero-order valence-corrected chi connectivity index (χ0v) is 20.5. The molecule has 1 aromatic heterocycles. The third-order valence-corrected chi connectivity index (χ3v) is 6.51. The van der Waals surface area contributed by atoms with Crippen molar-refractivity contribution in [1.82, 2.24) is 9.80 Å². The molecule has 3 rings (SSSR count). The molecule has 0 N–H and O–H groups in total. The van der Waals surface area contributed by atoms with Crippen LogP contribution in [0.3, 0.4) is 0 Å². The summed E-state index contributed by atoms with van der Waals surface area (Å²) >= 11 is 7.60. The first-order chi connectivity index (χ1) is 15.9. The van der Waals surface area contributed by atoms with Gasteiger partial charge in [-0.15, -0.1) is 11.3 Å². The SMILES string of the molecule is CCCCN(CC(=O)N(Cc1ccc(F)cc1)Cc1ccc(C)s1)C(=O)c1ccc(Cl)cc1. The normalized spacial score (nSPS) is 10.8. The Morgan fingerprint density at radius 1 is 0.939 bits per heavy atom. The molecular formula is C26H28ClFN2O2S. The third-order valence-electron chi connectivity index (χ3n) is 5.27. The molecule has 0 aliphatic heterocycles. The fraction of sp³-hybridized carbons (Fsp3) is 0.308. The first-order valence-corrected chi connectivity index (χ1v) is 12.2. The summed E-state index contributed by atoms with van der Waals surface area (Å²) in [7, 11) is 0. The van der Waals surface area contributed by atoms with Crippen LogP contribution in [0.15, 0.2) is 60.7 Å². The van der Waals surface area contributed by atoms with E-state index < -0.39 is 0 Å². The van der Waals surface area contributed by atoms with Gasteiger partial charge in [0, 0.05) is 33.4 Å². The number of benzene rings is 2. The minimum Gasteiger partial charge on any atom is -0.332 e. The number of nitrogens with zero attached hydrogens (tertiary/aromatic N) is 2. The van der Waals surface area contributed by atoms with Gasteiger partial charge in [-0.25, -0.2) is 4.39 Å². The molecule has 174 valence electrons. The van der Waals surface area contributed by atoms with Crippen molar-refractivity contribution < 1.29 is 14.0 Å². The largest absolute Gasteiger partial charge is 0.332 e. The first-order valence-electron chi connectivity index (χ1n) is 11.0. The average molecular weight is 487 g/mol. The van der Waals surface area contributed by atoms with Gasteiger partial charge in [0.2, 0.25) is 5.91 Å². The zero-order valence-electron chi connectivity index (χ0n) is 18.9. The number of unbranched alkanes of at least 4 members (excludes halogenated alkanes) is 1. The zero-order chi connectivity index (χ0) is 23.8. The second-order valence-corrected chi connectivity index (χ2v) is 9.78. The Kier molecular flexibility index (Phi) is 9.03. The number of rotatable bonds is 10. The summed E-state index contributed by atoms with van der Waals surface area (Å²) < 4.78 is 13.4. The van der Waals surface area contributed by atoms with Crippen LogP contribution in [-0.4, -0.2) is 34.7 Å². The molecule has 7 heteroatoms. The number of thiophene rings is 1. The summed E-state index contributed by atoms with van der Waals surface area (Å²) in [6.45, 7) is 5.32. The molecule has 0 unspecified atom stereocenters. The lowest BCUT2D eigenvalue weighted by molar-refractivity contribution is -0.133. The summed E-state index contributed by atoms with van der Waals surface area (Å²) in [6, 6.07) is 16.9. The van der Waals surface area contributed by atoms with Crippen molar-refractivity contribution in [2.45, 2.75) is 39.8 Å². The van der Waals surface area contributed by atoms with Crippen LogP contribution < -0.4 is 0 Å². The highest BCUT2D eigenvalue weighted by atomic mass is 35.5. The number of hydrogen-bond acceptors (Lipinski definition) is 3. The highest BCUT2D eigenvalue weighted by Gasteiger charge is 2.23. The maximum absolute atomic E-state index is 13.4. The number of halogens is 2. The number of aryl methyl sites for hydroxylation is 1. The predicted octanol–water partition coefficient (Wildman–Crippen LogP) is 6.32. The van der Waals surface area contributed by atoms with E-state index >= 15 is 0 Å². The molecule has 1 heterocycles. The smallest absolute Gasteiger partial charge is 0.254 e. The number of hydrogen-bond donors (Lipinski definition) is 0. The molecule has 0 aliphatic carbocycles. The van der Waals surface area contributed by atoms with Gasteiger partial charge in [-0.05, 0) is 67.4 Å². The summed E-state index contributed by atoms with van der Waals surface area (Å²) in [5.41, 5.74) is 1.34. The summed E-state index contributed by atoms with van der Waals surface area (Å²) in [4.78, 5) is 32.1. The Bertz CT molecular complexity index is 1070. The fourth-order valence-corrected chi connectivity index (χ4v) is 4.47. The molecule has 33 heavy (non-hydrogen) atoms. The van der Waals surface area contributed by atoms with Gasteiger partial charge >= 0.3 is 0 Å². The summed E-state index contributed by atoms with van der Waals surface area (Å²) in [6.07, 6.45) is 1.71. The molecule has 0 radical (unpaired) electrons. The quantitative estimate of drug-likeness (QED) is 0.336. The van der Waals surface area contributed by atoms with Crippen LogP contribution in [0, 0.1) is 12.7 Å². The monoisotopic (exact) mass is 486 g/mol.